The summed E-state index contributed by atoms with van der Waals surface area (Å²) in [6, 6.07) is 15.3. The van der Waals surface area contributed by atoms with E-state index in [4.69, 9.17) is 5.73 Å². The van der Waals surface area contributed by atoms with E-state index in [1.54, 1.807) is 18.2 Å². The van der Waals surface area contributed by atoms with Crippen molar-refractivity contribution < 1.29 is 39.6 Å². The highest BCUT2D eigenvalue weighted by molar-refractivity contribution is 6.17. The van der Waals surface area contributed by atoms with Gasteiger partial charge in [0.15, 0.2) is 22.9 Å². The molecule has 5 atom stereocenters. The minimum Gasteiger partial charge on any atom is -0.508 e. The number of phenols is 1. The Morgan fingerprint density at radius 3 is 2.39 bits per heavy atom. The first-order valence-corrected chi connectivity index (χ1v) is 13.1. The lowest BCUT2D eigenvalue weighted by molar-refractivity contribution is -0.167. The monoisotopic (exact) mass is 557 g/mol. The van der Waals surface area contributed by atoms with Crippen LogP contribution < -0.4 is 16.4 Å². The highest BCUT2D eigenvalue weighted by Crippen LogP contribution is 2.52. The fourth-order valence-corrected chi connectivity index (χ4v) is 6.61. The number of Topliss-reactive ketones (excluding diaryl/α,β-unsaturated/α-hetero) is 2. The molecule has 11 heteroatoms. The molecule has 0 heterocycles. The van der Waals surface area contributed by atoms with Crippen molar-refractivity contribution in [2.45, 2.75) is 31.0 Å². The number of rotatable bonds is 3. The number of aromatic hydroxyl groups is 1. The van der Waals surface area contributed by atoms with Crippen LogP contribution in [0.4, 0.5) is 16.2 Å². The average molecular weight is 558 g/mol. The van der Waals surface area contributed by atoms with Crippen LogP contribution in [0.3, 0.4) is 0 Å². The quantitative estimate of drug-likeness (QED) is 0.188. The van der Waals surface area contributed by atoms with E-state index >= 15 is 0 Å². The molecule has 11 nitrogen and oxygen atoms in total. The number of aliphatic hydroxyl groups is 3. The lowest BCUT2D eigenvalue weighted by Crippen LogP contribution is -2.63. The summed E-state index contributed by atoms with van der Waals surface area (Å²) in [7, 11) is 0. The molecule has 210 valence electrons. The van der Waals surface area contributed by atoms with Crippen LogP contribution >= 0.6 is 0 Å². The molecule has 3 amide bonds. The standard InChI is InChI=1S/C30H27N3O8/c31-28(39)23-20(34)12-16-11-15-10-14-8-9-19(24(35)21(14)25(36)22(15)26(37)30(16,41)27(23)38)33-29(40)32-18-7-3-5-13-4-1-2-6-17(13)18/h1-9,15-16,20,23,34-35,37,41H,10-12H2,(H2,31,39)(H2,32,33,40)/t15-,16-,20?,23?,30-/m0/s1. The Hall–Kier alpha value is -4.74. The van der Waals surface area contributed by atoms with Gasteiger partial charge in [-0.15, -0.1) is 0 Å². The minimum atomic E-state index is -2.58. The van der Waals surface area contributed by atoms with Crippen molar-refractivity contribution >= 4 is 45.7 Å². The molecule has 6 rings (SSSR count). The molecule has 0 saturated heterocycles. The molecular weight excluding hydrogens is 530 g/mol. The normalized spacial score (nSPS) is 27.1. The van der Waals surface area contributed by atoms with Gasteiger partial charge in [-0.2, -0.15) is 0 Å². The summed E-state index contributed by atoms with van der Waals surface area (Å²) < 4.78 is 0. The Balaban J connectivity index is 1.32. The molecule has 8 N–H and O–H groups in total. The summed E-state index contributed by atoms with van der Waals surface area (Å²) in [5, 5.41) is 51.0. The lowest BCUT2D eigenvalue weighted by Gasteiger charge is -2.48. The summed E-state index contributed by atoms with van der Waals surface area (Å²) in [4.78, 5) is 51.5. The highest BCUT2D eigenvalue weighted by Gasteiger charge is 2.62. The average Bonchev–Trinajstić information content (AvgIpc) is 2.92. The predicted octanol–water partition coefficient (Wildman–Crippen LogP) is 2.54. The number of nitrogens with two attached hydrogens (primary N) is 1. The third-order valence-electron chi connectivity index (χ3n) is 8.55. The largest absolute Gasteiger partial charge is 0.508 e. The number of amides is 3. The summed E-state index contributed by atoms with van der Waals surface area (Å²) in [5.74, 6) is -7.87. The molecule has 0 radical (unpaired) electrons. The van der Waals surface area contributed by atoms with Crippen molar-refractivity contribution in [1.82, 2.24) is 0 Å². The van der Waals surface area contributed by atoms with Gasteiger partial charge in [0.1, 0.15) is 11.7 Å². The second-order valence-electron chi connectivity index (χ2n) is 10.8. The number of carbonyl (C=O) groups excluding carboxylic acids is 4. The highest BCUT2D eigenvalue weighted by atomic mass is 16.3. The van der Waals surface area contributed by atoms with Crippen molar-refractivity contribution in [2.24, 2.45) is 23.5 Å². The van der Waals surface area contributed by atoms with Gasteiger partial charge in [-0.1, -0.05) is 42.5 Å². The Morgan fingerprint density at radius 1 is 0.927 bits per heavy atom. The van der Waals surface area contributed by atoms with E-state index < -0.39 is 64.5 Å². The van der Waals surface area contributed by atoms with Gasteiger partial charge < -0.3 is 36.8 Å². The fraction of sp³-hybridized carbons (Fsp3) is 0.267. The molecule has 3 aliphatic carbocycles. The molecule has 0 bridgehead atoms. The summed E-state index contributed by atoms with van der Waals surface area (Å²) in [6.45, 7) is 0. The lowest BCUT2D eigenvalue weighted by atomic mass is 9.58. The number of hydrogen-bond donors (Lipinski definition) is 7. The number of carbonyl (C=O) groups is 4. The van der Waals surface area contributed by atoms with Gasteiger partial charge in [-0.05, 0) is 48.3 Å². The van der Waals surface area contributed by atoms with E-state index in [0.717, 1.165) is 10.8 Å². The Kier molecular flexibility index (Phi) is 6.09. The zero-order valence-electron chi connectivity index (χ0n) is 21.6. The maximum Gasteiger partial charge on any atom is 0.323 e. The summed E-state index contributed by atoms with van der Waals surface area (Å²) >= 11 is 0. The van der Waals surface area contributed by atoms with Crippen molar-refractivity contribution in [3.63, 3.8) is 0 Å². The molecule has 3 aliphatic rings. The minimum absolute atomic E-state index is 0.0635. The predicted molar refractivity (Wildman–Crippen MR) is 147 cm³/mol. The van der Waals surface area contributed by atoms with E-state index in [-0.39, 0.29) is 36.1 Å². The zero-order chi connectivity index (χ0) is 29.2. The van der Waals surface area contributed by atoms with E-state index in [0.29, 0.717) is 11.3 Å². The second kappa shape index (κ2) is 9.43. The number of hydrogen-bond acceptors (Lipinski definition) is 8. The Labute approximate surface area is 233 Å². The third kappa shape index (κ3) is 3.96. The number of fused-ring (bicyclic) bond motifs is 4. The topological polar surface area (TPSA) is 199 Å². The van der Waals surface area contributed by atoms with Gasteiger partial charge in [0.05, 0.1) is 23.0 Å². The van der Waals surface area contributed by atoms with Crippen LogP contribution in [0.25, 0.3) is 10.8 Å². The number of allylic oxidation sites excluding steroid dienone is 1. The van der Waals surface area contributed by atoms with Crippen molar-refractivity contribution in [3.05, 3.63) is 77.1 Å². The van der Waals surface area contributed by atoms with Crippen LogP contribution in [0.1, 0.15) is 28.8 Å². The van der Waals surface area contributed by atoms with Crippen LogP contribution in [0.2, 0.25) is 0 Å². The maximum absolute atomic E-state index is 13.7. The Bertz CT molecular complexity index is 1690. The number of anilines is 2. The molecule has 41 heavy (non-hydrogen) atoms. The number of urea groups is 1. The van der Waals surface area contributed by atoms with Crippen molar-refractivity contribution in [3.8, 4) is 5.75 Å². The molecule has 0 aromatic heterocycles. The molecular formula is C30H27N3O8. The number of primary amides is 1. The number of aliphatic hydroxyl groups excluding tert-OH is 2. The fourth-order valence-electron chi connectivity index (χ4n) is 6.61. The smallest absolute Gasteiger partial charge is 0.323 e. The second-order valence-corrected chi connectivity index (χ2v) is 10.8. The Morgan fingerprint density at radius 2 is 1.63 bits per heavy atom. The zero-order valence-corrected chi connectivity index (χ0v) is 21.6. The molecule has 1 saturated carbocycles. The molecule has 3 aromatic carbocycles. The van der Waals surface area contributed by atoms with Gasteiger partial charge in [0, 0.05) is 16.9 Å². The number of ketones is 2. The first-order valence-electron chi connectivity index (χ1n) is 13.1. The van der Waals surface area contributed by atoms with Gasteiger partial charge in [0.2, 0.25) is 5.91 Å². The SMILES string of the molecule is NC(=O)C1C(=O)[C@@]2(O)C(O)=C3C(=O)c4c(ccc(NC(=O)Nc5cccc6ccccc56)c4O)C[C@H]3C[C@H]2CC1O. The van der Waals surface area contributed by atoms with E-state index in [1.807, 2.05) is 30.3 Å². The van der Waals surface area contributed by atoms with Gasteiger partial charge in [-0.25, -0.2) is 4.79 Å². The maximum atomic E-state index is 13.7. The summed E-state index contributed by atoms with van der Waals surface area (Å²) in [6.07, 6.45) is -1.34. The van der Waals surface area contributed by atoms with Gasteiger partial charge in [-0.3, -0.25) is 14.4 Å². The third-order valence-corrected chi connectivity index (χ3v) is 8.55. The van der Waals surface area contributed by atoms with Crippen LogP contribution in [0.15, 0.2) is 65.9 Å². The first-order chi connectivity index (χ1) is 19.5. The van der Waals surface area contributed by atoms with Gasteiger partial charge >= 0.3 is 6.03 Å². The molecule has 0 spiro atoms. The van der Waals surface area contributed by atoms with Crippen molar-refractivity contribution in [1.29, 1.82) is 0 Å². The number of phenolic OH excluding ortho intramolecular Hbond substituents is 1. The van der Waals surface area contributed by atoms with Crippen LogP contribution in [-0.2, 0) is 16.0 Å². The van der Waals surface area contributed by atoms with Crippen LogP contribution in [0, 0.1) is 17.8 Å². The van der Waals surface area contributed by atoms with E-state index in [1.165, 1.54) is 6.07 Å². The molecule has 1 fully saturated rings. The number of nitrogens with one attached hydrogen (secondary N) is 2. The first kappa shape index (κ1) is 26.5. The van der Waals surface area contributed by atoms with Crippen molar-refractivity contribution in [2.75, 3.05) is 10.6 Å². The molecule has 0 aliphatic heterocycles. The van der Waals surface area contributed by atoms with E-state index in [2.05, 4.69) is 10.6 Å². The summed E-state index contributed by atoms with van der Waals surface area (Å²) in [5.41, 5.74) is 3.20. The van der Waals surface area contributed by atoms with E-state index in [9.17, 15) is 39.6 Å². The number of benzene rings is 3. The van der Waals surface area contributed by atoms with Gasteiger partial charge in [0.25, 0.3) is 0 Å². The van der Waals surface area contributed by atoms with Crippen LogP contribution in [0.5, 0.6) is 5.75 Å². The molecule has 3 aromatic rings. The van der Waals surface area contributed by atoms with Crippen LogP contribution in [-0.4, -0.2) is 55.6 Å². The molecule has 2 unspecified atom stereocenters.